The van der Waals surface area contributed by atoms with Gasteiger partial charge >= 0.3 is 0 Å². The van der Waals surface area contributed by atoms with Crippen LogP contribution in [0.5, 0.6) is 0 Å². The highest BCUT2D eigenvalue weighted by atomic mass is 15.0. The molecule has 3 aromatic heterocycles. The van der Waals surface area contributed by atoms with Gasteiger partial charge in [0.2, 0.25) is 0 Å². The molecule has 10 aromatic rings. The van der Waals surface area contributed by atoms with Crippen molar-refractivity contribution in [1.82, 2.24) is 19.1 Å². The monoisotopic (exact) mass is 678 g/mol. The van der Waals surface area contributed by atoms with Gasteiger partial charge in [-0.15, -0.1) is 0 Å². The van der Waals surface area contributed by atoms with Gasteiger partial charge in [-0.05, 0) is 59.7 Å². The molecule has 0 unspecified atom stereocenters. The predicted molar refractivity (Wildman–Crippen MR) is 219 cm³/mol. The highest BCUT2D eigenvalue weighted by Crippen LogP contribution is 2.51. The lowest BCUT2D eigenvalue weighted by molar-refractivity contribution is 0.636. The van der Waals surface area contributed by atoms with Gasteiger partial charge in [-0.3, -0.25) is 0 Å². The SMILES string of the molecule is CC1(C)c2ccccc2-c2c(-c3ccc(-n4c5ccccc5c5cc6c(cc54)c4ccccc4n6-c4ccccc4)cc3)nc(-c3ccccc3)nc21. The van der Waals surface area contributed by atoms with Crippen molar-refractivity contribution in [3.63, 3.8) is 0 Å². The van der Waals surface area contributed by atoms with Crippen LogP contribution in [0.4, 0.5) is 0 Å². The van der Waals surface area contributed by atoms with E-state index in [-0.39, 0.29) is 5.41 Å². The van der Waals surface area contributed by atoms with Crippen LogP contribution < -0.4 is 0 Å². The van der Waals surface area contributed by atoms with Gasteiger partial charge in [0.1, 0.15) is 0 Å². The van der Waals surface area contributed by atoms with Crippen LogP contribution in [0.1, 0.15) is 25.1 Å². The molecule has 4 heteroatoms. The van der Waals surface area contributed by atoms with Crippen molar-refractivity contribution >= 4 is 43.6 Å². The zero-order valence-corrected chi connectivity index (χ0v) is 29.5. The van der Waals surface area contributed by atoms with E-state index in [2.05, 4.69) is 187 Å². The van der Waals surface area contributed by atoms with E-state index >= 15 is 0 Å². The number of hydrogen-bond donors (Lipinski definition) is 0. The maximum atomic E-state index is 5.31. The molecule has 0 amide bonds. The first-order valence-electron chi connectivity index (χ1n) is 18.3. The molecule has 4 nitrogen and oxygen atoms in total. The molecular weight excluding hydrogens is 645 g/mol. The fourth-order valence-electron chi connectivity index (χ4n) is 8.80. The summed E-state index contributed by atoms with van der Waals surface area (Å²) in [6.07, 6.45) is 0. The van der Waals surface area contributed by atoms with Gasteiger partial charge in [0.15, 0.2) is 5.82 Å². The van der Waals surface area contributed by atoms with Crippen LogP contribution in [0.3, 0.4) is 0 Å². The lowest BCUT2D eigenvalue weighted by Gasteiger charge is -2.21. The minimum absolute atomic E-state index is 0.245. The van der Waals surface area contributed by atoms with E-state index in [0.29, 0.717) is 0 Å². The summed E-state index contributed by atoms with van der Waals surface area (Å²) in [7, 11) is 0. The third-order valence-corrected chi connectivity index (χ3v) is 11.3. The van der Waals surface area contributed by atoms with Gasteiger partial charge in [0, 0.05) is 55.0 Å². The molecule has 0 radical (unpaired) electrons. The molecule has 0 saturated carbocycles. The molecule has 1 aliphatic rings. The van der Waals surface area contributed by atoms with Gasteiger partial charge in [-0.2, -0.15) is 0 Å². The Kier molecular flexibility index (Phi) is 6.27. The molecule has 0 atom stereocenters. The molecule has 53 heavy (non-hydrogen) atoms. The summed E-state index contributed by atoms with van der Waals surface area (Å²) in [6, 6.07) is 61.0. The average molecular weight is 679 g/mol. The van der Waals surface area contributed by atoms with Crippen molar-refractivity contribution in [3.05, 3.63) is 181 Å². The Morgan fingerprint density at radius 2 is 0.962 bits per heavy atom. The van der Waals surface area contributed by atoms with Gasteiger partial charge in [0.25, 0.3) is 0 Å². The Bertz CT molecular complexity index is 3060. The molecule has 0 aliphatic heterocycles. The molecule has 0 spiro atoms. The number of aromatic nitrogens is 4. The van der Waals surface area contributed by atoms with Gasteiger partial charge in [0.05, 0.1) is 33.5 Å². The Labute approximate surface area is 307 Å². The molecule has 3 heterocycles. The van der Waals surface area contributed by atoms with Crippen LogP contribution in [0, 0.1) is 0 Å². The van der Waals surface area contributed by atoms with Crippen LogP contribution in [-0.2, 0) is 5.41 Å². The number of benzene rings is 7. The van der Waals surface area contributed by atoms with E-state index in [1.165, 1.54) is 54.7 Å². The minimum atomic E-state index is -0.245. The molecule has 0 N–H and O–H groups in total. The van der Waals surface area contributed by atoms with E-state index in [0.717, 1.165) is 45.3 Å². The molecular formula is C49H34N4. The summed E-state index contributed by atoms with van der Waals surface area (Å²) < 4.78 is 4.81. The van der Waals surface area contributed by atoms with E-state index in [9.17, 15) is 0 Å². The Hall–Kier alpha value is -6.78. The smallest absolute Gasteiger partial charge is 0.160 e. The third kappa shape index (κ3) is 4.30. The first-order chi connectivity index (χ1) is 26.1. The largest absolute Gasteiger partial charge is 0.309 e. The lowest BCUT2D eigenvalue weighted by atomic mass is 9.85. The quantitative estimate of drug-likeness (QED) is 0.186. The normalized spacial score (nSPS) is 13.2. The lowest BCUT2D eigenvalue weighted by Crippen LogP contribution is -2.17. The van der Waals surface area contributed by atoms with Gasteiger partial charge in [-0.1, -0.05) is 135 Å². The van der Waals surface area contributed by atoms with Crippen molar-refractivity contribution in [1.29, 1.82) is 0 Å². The maximum Gasteiger partial charge on any atom is 0.160 e. The standard InChI is InChI=1S/C49H34N4/c1-49(2)40-22-12-9-21-37(40)45-46(50-48(51-47(45)49)32-15-5-3-6-16-32)31-25-27-34(28-26-31)53-42-24-14-11-20-36(42)39-29-43-38(30-44(39)53)35-19-10-13-23-41(35)52(43)33-17-7-4-8-18-33/h3-30H,1-2H3. The Morgan fingerprint density at radius 3 is 1.60 bits per heavy atom. The van der Waals surface area contributed by atoms with Crippen LogP contribution in [-0.4, -0.2) is 19.1 Å². The fraction of sp³-hybridized carbons (Fsp3) is 0.0612. The zero-order chi connectivity index (χ0) is 35.3. The molecule has 0 saturated heterocycles. The van der Waals surface area contributed by atoms with E-state index < -0.39 is 0 Å². The van der Waals surface area contributed by atoms with Crippen LogP contribution in [0.25, 0.3) is 88.8 Å². The number of nitrogens with zero attached hydrogens (tertiary/aromatic N) is 4. The molecule has 7 aromatic carbocycles. The molecule has 11 rings (SSSR count). The third-order valence-electron chi connectivity index (χ3n) is 11.3. The number of rotatable bonds is 4. The summed E-state index contributed by atoms with van der Waals surface area (Å²) >= 11 is 0. The predicted octanol–water partition coefficient (Wildman–Crippen LogP) is 12.3. The maximum absolute atomic E-state index is 5.31. The van der Waals surface area contributed by atoms with Crippen molar-refractivity contribution in [2.24, 2.45) is 0 Å². The Morgan fingerprint density at radius 1 is 0.434 bits per heavy atom. The van der Waals surface area contributed by atoms with Crippen molar-refractivity contribution in [3.8, 4) is 45.1 Å². The molecule has 250 valence electrons. The van der Waals surface area contributed by atoms with Crippen molar-refractivity contribution < 1.29 is 0 Å². The highest BCUT2D eigenvalue weighted by molar-refractivity contribution is 6.19. The Balaban J connectivity index is 1.13. The average Bonchev–Trinajstić information content (AvgIpc) is 3.80. The first kappa shape index (κ1) is 29.9. The molecule has 0 fully saturated rings. The van der Waals surface area contributed by atoms with Gasteiger partial charge < -0.3 is 9.13 Å². The van der Waals surface area contributed by atoms with E-state index in [4.69, 9.17) is 9.97 Å². The summed E-state index contributed by atoms with van der Waals surface area (Å²) in [5.74, 6) is 0.755. The molecule has 1 aliphatic carbocycles. The van der Waals surface area contributed by atoms with Crippen LogP contribution in [0.15, 0.2) is 170 Å². The van der Waals surface area contributed by atoms with Crippen molar-refractivity contribution in [2.45, 2.75) is 19.3 Å². The van der Waals surface area contributed by atoms with Crippen molar-refractivity contribution in [2.75, 3.05) is 0 Å². The topological polar surface area (TPSA) is 35.6 Å². The van der Waals surface area contributed by atoms with Crippen LogP contribution in [0.2, 0.25) is 0 Å². The summed E-state index contributed by atoms with van der Waals surface area (Å²) in [6.45, 7) is 4.56. The van der Waals surface area contributed by atoms with Gasteiger partial charge in [-0.25, -0.2) is 9.97 Å². The second-order valence-electron chi connectivity index (χ2n) is 14.6. The van der Waals surface area contributed by atoms with Crippen LogP contribution >= 0.6 is 0 Å². The first-order valence-corrected chi connectivity index (χ1v) is 18.3. The fourth-order valence-corrected chi connectivity index (χ4v) is 8.80. The summed E-state index contributed by atoms with van der Waals surface area (Å²) in [5.41, 5.74) is 14.6. The van der Waals surface area contributed by atoms with E-state index in [1.807, 2.05) is 6.07 Å². The summed E-state index contributed by atoms with van der Waals surface area (Å²) in [5, 5.41) is 4.95. The second-order valence-corrected chi connectivity index (χ2v) is 14.6. The van der Waals surface area contributed by atoms with E-state index in [1.54, 1.807) is 0 Å². The highest BCUT2D eigenvalue weighted by Gasteiger charge is 2.39. The number of fused-ring (bicyclic) bond motifs is 9. The number of para-hydroxylation sites is 3. The number of hydrogen-bond acceptors (Lipinski definition) is 2. The summed E-state index contributed by atoms with van der Waals surface area (Å²) in [4.78, 5) is 10.6. The zero-order valence-electron chi connectivity index (χ0n) is 29.5. The minimum Gasteiger partial charge on any atom is -0.309 e. The molecule has 0 bridgehead atoms. The second kappa shape index (κ2) is 11.1.